The van der Waals surface area contributed by atoms with Crippen LogP contribution in [0.3, 0.4) is 0 Å². The van der Waals surface area contributed by atoms with Crippen LogP contribution in [0.2, 0.25) is 0 Å². The number of carboxylic acid groups (broad SMARTS) is 2. The second-order valence-corrected chi connectivity index (χ2v) is 0.610. The van der Waals surface area contributed by atoms with Crippen LogP contribution < -0.4 is 0 Å². The molecule has 0 aliphatic heterocycles. The van der Waals surface area contributed by atoms with Crippen LogP contribution in [0.5, 0.6) is 0 Å². The van der Waals surface area contributed by atoms with Crippen LogP contribution in [-0.2, 0) is 9.59 Å². The van der Waals surface area contributed by atoms with Gasteiger partial charge in [0.25, 0.3) is 0 Å². The molecule has 9 heavy (non-hydrogen) atoms. The van der Waals surface area contributed by atoms with Crippen molar-refractivity contribution in [3.8, 4) is 0 Å². The molecule has 0 amide bonds. The van der Waals surface area contributed by atoms with E-state index in [-0.39, 0.29) is 83.1 Å². The Bertz CT molecular complexity index is 92.5. The van der Waals surface area contributed by atoms with Gasteiger partial charge in [0.15, 0.2) is 0 Å². The summed E-state index contributed by atoms with van der Waals surface area (Å²) in [6.45, 7) is 0. The molecule has 0 saturated heterocycles. The largest absolute Gasteiger partial charge is 2.00 e. The maximum atomic E-state index is 9.10. The van der Waals surface area contributed by atoms with Gasteiger partial charge in [0.1, 0.15) is 0 Å². The summed E-state index contributed by atoms with van der Waals surface area (Å²) in [5, 5.41) is 14.8. The number of carbonyl (C=O) groups is 2. The summed E-state index contributed by atoms with van der Waals surface area (Å²) in [7, 11) is 0. The van der Waals surface area contributed by atoms with Crippen LogP contribution in [-0.4, -0.2) is 99.6 Å². The molecule has 0 heterocycles. The molecule has 0 aromatic carbocycles. The van der Waals surface area contributed by atoms with Crippen LogP contribution in [0, 0.1) is 0 Å². The third kappa shape index (κ3) is 17.6. The van der Waals surface area contributed by atoms with Crippen LogP contribution in [0.25, 0.3) is 0 Å². The minimum absolute atomic E-state index is 0. The van der Waals surface area contributed by atoms with Crippen LogP contribution in [0.4, 0.5) is 0 Å². The van der Waals surface area contributed by atoms with Crippen molar-refractivity contribution in [3.63, 3.8) is 0 Å². The number of hydrogen-bond acceptors (Lipinski definition) is 2. The van der Waals surface area contributed by atoms with Crippen molar-refractivity contribution in [2.75, 3.05) is 0 Å². The van der Waals surface area contributed by atoms with Gasteiger partial charge in [-0.15, -0.1) is 0 Å². The van der Waals surface area contributed by atoms with E-state index in [0.717, 1.165) is 0 Å². The molecular weight excluding hydrogens is 266 g/mol. The Morgan fingerprint density at radius 1 is 1.11 bits per heavy atom. The third-order valence-electron chi connectivity index (χ3n) is 0.183. The fourth-order valence-electron chi connectivity index (χ4n) is 0. The Balaban J connectivity index is -0.00000000595. The van der Waals surface area contributed by atoms with Gasteiger partial charge in [-0.3, -0.25) is 0 Å². The summed E-state index contributed by atoms with van der Waals surface area (Å²) in [6.07, 6.45) is 0. The van der Waals surface area contributed by atoms with Crippen molar-refractivity contribution in [1.29, 1.82) is 0 Å². The molecule has 0 aliphatic rings. The molecule has 4 N–H and O–H groups in total. The number of carboxylic acids is 2. The fraction of sp³-hybridized carbons (Fsp3) is 0. The average Bonchev–Trinajstić information content (AvgIpc) is 1.36. The van der Waals surface area contributed by atoms with Crippen molar-refractivity contribution in [2.24, 2.45) is 0 Å². The monoisotopic (exact) mass is 274 g/mol. The van der Waals surface area contributed by atoms with Crippen LogP contribution in [0.15, 0.2) is 0 Å². The molecule has 0 rings (SSSR count). The van der Waals surface area contributed by atoms with E-state index >= 15 is 0 Å². The van der Waals surface area contributed by atoms with Gasteiger partial charge in [-0.2, -0.15) is 0 Å². The van der Waals surface area contributed by atoms with E-state index in [0.29, 0.717) is 0 Å². The van der Waals surface area contributed by atoms with Gasteiger partial charge in [-0.05, 0) is 0 Å². The van der Waals surface area contributed by atoms with Gasteiger partial charge in [0.2, 0.25) is 0 Å². The second-order valence-electron chi connectivity index (χ2n) is 0.610. The zero-order valence-corrected chi connectivity index (χ0v) is 10.5. The van der Waals surface area contributed by atoms with Crippen molar-refractivity contribution >= 4 is 83.9 Å². The van der Waals surface area contributed by atoms with Gasteiger partial charge < -0.3 is 21.4 Å². The number of hydrogen-bond donors (Lipinski definition) is 2. The van der Waals surface area contributed by atoms with E-state index in [9.17, 15) is 0 Å². The zero-order valence-electron chi connectivity index (χ0n) is 8.63. The quantitative estimate of drug-likeness (QED) is 0.394. The molecule has 50 valence electrons. The Morgan fingerprint density at radius 2 is 1.22 bits per heavy atom. The summed E-state index contributed by atoms with van der Waals surface area (Å²) in [5.74, 6) is -3.65. The molecule has 5 nitrogen and oxygen atoms in total. The molecule has 0 fully saturated rings. The van der Waals surface area contributed by atoms with Crippen molar-refractivity contribution in [2.45, 2.75) is 0 Å². The van der Waals surface area contributed by atoms with Crippen molar-refractivity contribution in [3.05, 3.63) is 0 Å². The van der Waals surface area contributed by atoms with E-state index in [1.807, 2.05) is 0 Å². The molecule has 0 aromatic heterocycles. The predicted molar refractivity (Wildman–Crippen MR) is 34.8 cm³/mol. The number of rotatable bonds is 0. The smallest absolute Gasteiger partial charge is 1.00 e. The van der Waals surface area contributed by atoms with Crippen molar-refractivity contribution < 1.29 is 31.0 Å². The van der Waals surface area contributed by atoms with E-state index in [1.54, 1.807) is 0 Å². The average molecular weight is 274 g/mol. The van der Waals surface area contributed by atoms with Gasteiger partial charge in [0, 0.05) is 0 Å². The molecular formula is C2H8BaMgO5. The SMILES string of the molecule is O.O=C(O)C(=O)O.[Ba+2].[H-].[H-].[H-].[H-].[Mg+2]. The maximum Gasteiger partial charge on any atom is 2.00 e. The first-order valence-electron chi connectivity index (χ1n) is 1.11. The van der Waals surface area contributed by atoms with Crippen LogP contribution >= 0.6 is 0 Å². The Morgan fingerprint density at radius 3 is 1.22 bits per heavy atom. The minimum atomic E-state index is -1.82. The predicted octanol–water partition coefficient (Wildman–Crippen LogP) is -1.98. The molecule has 7 heteroatoms. The molecule has 0 unspecified atom stereocenters. The topological polar surface area (TPSA) is 106 Å². The Kier molecular flexibility index (Phi) is 29.9. The Labute approximate surface area is 113 Å². The summed E-state index contributed by atoms with van der Waals surface area (Å²) in [4.78, 5) is 18.2. The van der Waals surface area contributed by atoms with E-state index in [4.69, 9.17) is 19.8 Å². The van der Waals surface area contributed by atoms with Gasteiger partial charge >= 0.3 is 83.9 Å². The maximum absolute atomic E-state index is 9.10. The Hall–Kier alpha value is 1.24. The normalized spacial score (nSPS) is 4.89. The first-order chi connectivity index (χ1) is 2.64. The summed E-state index contributed by atoms with van der Waals surface area (Å²) in [6, 6.07) is 0. The zero-order chi connectivity index (χ0) is 5.15. The first-order valence-corrected chi connectivity index (χ1v) is 1.11. The standard InChI is InChI=1S/C2H2O4.Ba.Mg.H2O.4H/c3-1(4)2(5)6;;;;;;;/h(H,3,4)(H,5,6);;;1H2;;;;/q;2*+2;;4*-1. The first kappa shape index (κ1) is 22.5. The fourth-order valence-corrected chi connectivity index (χ4v) is 0. The molecule has 0 saturated carbocycles. The van der Waals surface area contributed by atoms with Crippen molar-refractivity contribution in [1.82, 2.24) is 0 Å². The molecule has 0 aromatic rings. The van der Waals surface area contributed by atoms with E-state index in [1.165, 1.54) is 0 Å². The van der Waals surface area contributed by atoms with Gasteiger partial charge in [-0.25, -0.2) is 9.59 Å². The molecule has 0 spiro atoms. The van der Waals surface area contributed by atoms with E-state index < -0.39 is 11.9 Å². The van der Waals surface area contributed by atoms with Gasteiger partial charge in [-0.1, -0.05) is 0 Å². The molecule has 0 bridgehead atoms. The van der Waals surface area contributed by atoms with Gasteiger partial charge in [0.05, 0.1) is 0 Å². The molecule has 0 aliphatic carbocycles. The van der Waals surface area contributed by atoms with Crippen LogP contribution in [0.1, 0.15) is 5.71 Å². The van der Waals surface area contributed by atoms with E-state index in [2.05, 4.69) is 0 Å². The minimum Gasteiger partial charge on any atom is -1.00 e. The number of aliphatic carboxylic acids is 2. The third-order valence-corrected chi connectivity index (χ3v) is 0.183. The molecule has 0 radical (unpaired) electrons. The molecule has 0 atom stereocenters. The summed E-state index contributed by atoms with van der Waals surface area (Å²) < 4.78 is 0. The summed E-state index contributed by atoms with van der Waals surface area (Å²) >= 11 is 0. The second kappa shape index (κ2) is 12.0. The summed E-state index contributed by atoms with van der Waals surface area (Å²) in [5.41, 5.74) is 0.